The predicted octanol–water partition coefficient (Wildman–Crippen LogP) is 7.13. The van der Waals surface area contributed by atoms with Gasteiger partial charge in [-0.15, -0.1) is 22.3 Å². The van der Waals surface area contributed by atoms with E-state index in [9.17, 15) is 0 Å². The van der Waals surface area contributed by atoms with Crippen LogP contribution in [0.4, 0.5) is 0 Å². The quantitative estimate of drug-likeness (QED) is 0.284. The molecule has 1 atom stereocenters. The van der Waals surface area contributed by atoms with Gasteiger partial charge in [0.25, 0.3) is 0 Å². The molecule has 160 valence electrons. The van der Waals surface area contributed by atoms with E-state index in [1.165, 1.54) is 55.7 Å². The minimum absolute atomic E-state index is 0.428. The zero-order valence-electron chi connectivity index (χ0n) is 18.7. The summed E-state index contributed by atoms with van der Waals surface area (Å²) >= 11 is -0.826. The van der Waals surface area contributed by atoms with Crippen molar-refractivity contribution < 1.29 is 20.8 Å². The van der Waals surface area contributed by atoms with E-state index in [1.54, 1.807) is 0 Å². The van der Waals surface area contributed by atoms with Gasteiger partial charge in [-0.1, -0.05) is 103 Å². The van der Waals surface area contributed by atoms with E-state index in [2.05, 4.69) is 88.0 Å². The van der Waals surface area contributed by atoms with Crippen LogP contribution in [-0.2, 0) is 27.3 Å². The third kappa shape index (κ3) is 4.88. The third-order valence-corrected chi connectivity index (χ3v) is 6.90. The molecule has 2 aromatic rings. The van der Waals surface area contributed by atoms with Crippen LogP contribution in [0.3, 0.4) is 0 Å². The van der Waals surface area contributed by atoms with Crippen molar-refractivity contribution in [2.75, 3.05) is 0 Å². The Balaban J connectivity index is 0.000000858. The third-order valence-electron chi connectivity index (χ3n) is 6.49. The molecule has 0 amide bonds. The Bertz CT molecular complexity index is 1080. The first-order chi connectivity index (χ1) is 15.0. The molecule has 0 bridgehead atoms. The number of benzene rings is 1. The van der Waals surface area contributed by atoms with Crippen molar-refractivity contribution in [2.45, 2.75) is 46.5 Å². The predicted molar refractivity (Wildman–Crippen MR) is 138 cm³/mol. The van der Waals surface area contributed by atoms with Gasteiger partial charge in [-0.25, -0.2) is 0 Å². The van der Waals surface area contributed by atoms with E-state index in [4.69, 9.17) is 17.0 Å². The van der Waals surface area contributed by atoms with Gasteiger partial charge in [0.05, 0.1) is 0 Å². The van der Waals surface area contributed by atoms with E-state index < -0.39 is 20.8 Å². The molecule has 0 heterocycles. The van der Waals surface area contributed by atoms with Gasteiger partial charge < -0.3 is 0 Å². The molecule has 0 aliphatic heterocycles. The molecular weight excluding hydrogens is 515 g/mol. The van der Waals surface area contributed by atoms with Crippen LogP contribution in [0.2, 0.25) is 0 Å². The molecule has 0 saturated heterocycles. The maximum atomic E-state index is 4.93. The molecule has 0 aromatic heterocycles. The molecule has 4 rings (SSSR count). The fraction of sp³-hybridized carbons (Fsp3) is 0.259. The second-order valence-electron chi connectivity index (χ2n) is 8.01. The van der Waals surface area contributed by atoms with Gasteiger partial charge >= 0.3 is 37.9 Å². The van der Waals surface area contributed by atoms with Gasteiger partial charge in [-0.2, -0.15) is 11.2 Å². The molecule has 0 N–H and O–H groups in total. The second kappa shape index (κ2) is 11.3. The SMILES string of the molecule is CCc1c(C2=C(C)C=C3C2=CC=CCC3c2ccccc2)c(C=[SiH2])[c-](C)c1C.[Cl][Zr][Cl]. The number of rotatable bonds is 4. The first-order valence-electron chi connectivity index (χ1n) is 10.7. The topological polar surface area (TPSA) is 0 Å². The first-order valence-corrected chi connectivity index (χ1v) is 17.9. The molecule has 0 spiro atoms. The normalized spacial score (nSPS) is 17.3. The number of halogens is 2. The van der Waals surface area contributed by atoms with Crippen molar-refractivity contribution in [3.8, 4) is 0 Å². The van der Waals surface area contributed by atoms with Gasteiger partial charge in [-0.3, -0.25) is 0 Å². The van der Waals surface area contributed by atoms with Gasteiger partial charge in [0.2, 0.25) is 0 Å². The summed E-state index contributed by atoms with van der Waals surface area (Å²) < 4.78 is 0. The summed E-state index contributed by atoms with van der Waals surface area (Å²) in [6, 6.07) is 11.0. The number of fused-ring (bicyclic) bond motifs is 1. The molecule has 4 heteroatoms. The van der Waals surface area contributed by atoms with Crippen LogP contribution in [0.5, 0.6) is 0 Å². The van der Waals surface area contributed by atoms with E-state index in [0.717, 1.165) is 12.8 Å². The Labute approximate surface area is 208 Å². The standard InChI is InChI=1S/C27H29Si.2ClH.Zr/c1-5-21-18(3)19(4)25(16-28)27(21)26-17(2)15-24-22(13-9-10-14-23(24)26)20-11-7-6-8-12-20;;;/h6-12,14-16,22H,5,13,28H2,1-4H3;2*1H;/q-1;;;+2/p-2. The fourth-order valence-corrected chi connectivity index (χ4v) is 5.51. The second-order valence-corrected chi connectivity index (χ2v) is 12.2. The number of hydrogen-bond acceptors (Lipinski definition) is 0. The van der Waals surface area contributed by atoms with E-state index in [1.807, 2.05) is 9.85 Å². The average Bonchev–Trinajstić information content (AvgIpc) is 3.11. The molecule has 0 fully saturated rings. The van der Waals surface area contributed by atoms with Gasteiger partial charge in [0.1, 0.15) is 0 Å². The maximum absolute atomic E-state index is 4.93. The molecule has 2 aliphatic carbocycles. The molecule has 0 saturated carbocycles. The summed E-state index contributed by atoms with van der Waals surface area (Å²) in [7, 11) is 11.8. The number of hydrogen-bond donors (Lipinski definition) is 0. The average molecular weight is 544 g/mol. The number of allylic oxidation sites excluding steroid dienone is 8. The summed E-state index contributed by atoms with van der Waals surface area (Å²) in [6.07, 6.45) is 11.5. The molecule has 0 radical (unpaired) electrons. The first kappa shape index (κ1) is 24.7. The van der Waals surface area contributed by atoms with Gasteiger partial charge in [-0.05, 0) is 30.1 Å². The monoisotopic (exact) mass is 541 g/mol. The van der Waals surface area contributed by atoms with Crippen molar-refractivity contribution in [3.63, 3.8) is 0 Å². The van der Waals surface area contributed by atoms with Crippen molar-refractivity contribution in [1.29, 1.82) is 0 Å². The van der Waals surface area contributed by atoms with E-state index in [-0.39, 0.29) is 0 Å². The summed E-state index contributed by atoms with van der Waals surface area (Å²) in [4.78, 5) is 0. The molecule has 2 aliphatic rings. The molecule has 31 heavy (non-hydrogen) atoms. The van der Waals surface area contributed by atoms with Crippen molar-refractivity contribution in [2.24, 2.45) is 0 Å². The van der Waals surface area contributed by atoms with Crippen LogP contribution in [0.15, 0.2) is 71.4 Å². The van der Waals surface area contributed by atoms with Crippen LogP contribution >= 0.6 is 17.0 Å². The van der Waals surface area contributed by atoms with Crippen LogP contribution in [0.1, 0.15) is 59.6 Å². The Hall–Kier alpha value is -0.920. The van der Waals surface area contributed by atoms with Crippen molar-refractivity contribution >= 4 is 38.1 Å². The summed E-state index contributed by atoms with van der Waals surface area (Å²) in [5, 5.41) is 0. The van der Waals surface area contributed by atoms with E-state index in [0.29, 0.717) is 5.92 Å². The van der Waals surface area contributed by atoms with Crippen LogP contribution in [0, 0.1) is 13.8 Å². The Morgan fingerprint density at radius 1 is 1.19 bits per heavy atom. The fourth-order valence-electron chi connectivity index (χ4n) is 5.00. The minimum atomic E-state index is -0.826. The Morgan fingerprint density at radius 2 is 1.87 bits per heavy atom. The Kier molecular flexibility index (Phi) is 9.00. The van der Waals surface area contributed by atoms with Crippen molar-refractivity contribution in [3.05, 3.63) is 105 Å². The zero-order chi connectivity index (χ0) is 22.5. The molecule has 1 unspecified atom stereocenters. The molecular formula is C27H29Cl2SiZr-. The van der Waals surface area contributed by atoms with Crippen molar-refractivity contribution in [1.82, 2.24) is 0 Å². The van der Waals surface area contributed by atoms with Crippen LogP contribution in [-0.4, -0.2) is 15.5 Å². The van der Waals surface area contributed by atoms with Gasteiger partial charge in [0.15, 0.2) is 0 Å². The molecule has 2 aromatic carbocycles. The van der Waals surface area contributed by atoms with Crippen LogP contribution < -0.4 is 0 Å². The molecule has 0 nitrogen and oxygen atoms in total. The Morgan fingerprint density at radius 3 is 2.48 bits per heavy atom. The summed E-state index contributed by atoms with van der Waals surface area (Å²) in [5.74, 6) is 0.428. The van der Waals surface area contributed by atoms with Gasteiger partial charge in [0, 0.05) is 5.92 Å². The summed E-state index contributed by atoms with van der Waals surface area (Å²) in [6.45, 7) is 9.16. The van der Waals surface area contributed by atoms with Crippen LogP contribution in [0.25, 0.3) is 5.57 Å². The zero-order valence-corrected chi connectivity index (χ0v) is 24.1. The van der Waals surface area contributed by atoms with E-state index >= 15 is 0 Å². The summed E-state index contributed by atoms with van der Waals surface area (Å²) in [5.41, 5.74) is 16.8.